The van der Waals surface area contributed by atoms with Gasteiger partial charge in [0.25, 0.3) is 5.91 Å². The highest BCUT2D eigenvalue weighted by Gasteiger charge is 2.25. The van der Waals surface area contributed by atoms with E-state index in [1.54, 1.807) is 18.0 Å². The molecule has 1 unspecified atom stereocenters. The van der Waals surface area contributed by atoms with Gasteiger partial charge in [0.1, 0.15) is 0 Å². The van der Waals surface area contributed by atoms with Gasteiger partial charge in [0.15, 0.2) is 0 Å². The van der Waals surface area contributed by atoms with Crippen LogP contribution in [0.1, 0.15) is 49.0 Å². The van der Waals surface area contributed by atoms with Gasteiger partial charge in [0.05, 0.1) is 11.7 Å². The van der Waals surface area contributed by atoms with Gasteiger partial charge < -0.3 is 15.7 Å². The number of anilines is 1. The Morgan fingerprint density at radius 2 is 2.11 bits per heavy atom. The highest BCUT2D eigenvalue weighted by molar-refractivity contribution is 6.02. The summed E-state index contributed by atoms with van der Waals surface area (Å²) in [4.78, 5) is 13.1. The lowest BCUT2D eigenvalue weighted by atomic mass is 10.1. The Balaban J connectivity index is 0.000000224. The Morgan fingerprint density at radius 1 is 1.42 bits per heavy atom. The van der Waals surface area contributed by atoms with E-state index in [9.17, 15) is 4.79 Å². The van der Waals surface area contributed by atoms with E-state index in [0.29, 0.717) is 17.8 Å². The van der Waals surface area contributed by atoms with E-state index in [0.717, 1.165) is 24.8 Å². The maximum absolute atomic E-state index is 11.5. The van der Waals surface area contributed by atoms with Crippen LogP contribution in [0, 0.1) is 0 Å². The zero-order valence-corrected chi connectivity index (χ0v) is 12.0. The molecule has 1 aliphatic rings. The third kappa shape index (κ3) is 3.96. The fourth-order valence-corrected chi connectivity index (χ4v) is 2.07. The molecule has 0 fully saturated rings. The van der Waals surface area contributed by atoms with Crippen LogP contribution < -0.4 is 5.73 Å². The van der Waals surface area contributed by atoms with Gasteiger partial charge in [-0.3, -0.25) is 4.79 Å². The first-order valence-electron chi connectivity index (χ1n) is 6.82. The van der Waals surface area contributed by atoms with Crippen LogP contribution in [-0.4, -0.2) is 29.1 Å². The maximum atomic E-state index is 11.5. The van der Waals surface area contributed by atoms with Crippen molar-refractivity contribution in [3.05, 3.63) is 29.3 Å². The zero-order chi connectivity index (χ0) is 14.4. The van der Waals surface area contributed by atoms with Crippen LogP contribution in [-0.2, 0) is 6.54 Å². The van der Waals surface area contributed by atoms with Crippen molar-refractivity contribution < 1.29 is 9.90 Å². The standard InChI is InChI=1S/C9H10N2O.C6H14O/c1-11-5-6-3-2-4-7(10)8(6)9(11)12;1-3-5-6(7)4-2/h2-4H,5,10H2,1H3;6-7H,3-5H2,1-2H3. The maximum Gasteiger partial charge on any atom is 0.256 e. The van der Waals surface area contributed by atoms with Crippen molar-refractivity contribution in [2.24, 2.45) is 0 Å². The van der Waals surface area contributed by atoms with Gasteiger partial charge in [-0.1, -0.05) is 32.4 Å². The van der Waals surface area contributed by atoms with Gasteiger partial charge in [-0.05, 0) is 24.5 Å². The summed E-state index contributed by atoms with van der Waals surface area (Å²) in [6.07, 6.45) is 2.89. The highest BCUT2D eigenvalue weighted by atomic mass is 16.3. The first-order valence-corrected chi connectivity index (χ1v) is 6.82. The molecular weight excluding hydrogens is 240 g/mol. The van der Waals surface area contributed by atoms with Crippen molar-refractivity contribution in [1.82, 2.24) is 4.90 Å². The summed E-state index contributed by atoms with van der Waals surface area (Å²) in [7, 11) is 1.78. The summed E-state index contributed by atoms with van der Waals surface area (Å²) in [6, 6.07) is 5.57. The third-order valence-electron chi connectivity index (χ3n) is 3.24. The smallest absolute Gasteiger partial charge is 0.256 e. The van der Waals surface area contributed by atoms with E-state index in [1.165, 1.54) is 0 Å². The lowest BCUT2D eigenvalue weighted by molar-refractivity contribution is 0.0817. The number of aliphatic hydroxyl groups excluding tert-OH is 1. The van der Waals surface area contributed by atoms with Crippen molar-refractivity contribution in [3.63, 3.8) is 0 Å². The van der Waals surface area contributed by atoms with Crippen molar-refractivity contribution in [3.8, 4) is 0 Å². The molecule has 0 radical (unpaired) electrons. The minimum atomic E-state index is -0.0509. The number of rotatable bonds is 3. The lowest BCUT2D eigenvalue weighted by Gasteiger charge is -2.05. The Labute approximate surface area is 115 Å². The number of hydrogen-bond acceptors (Lipinski definition) is 3. The van der Waals surface area contributed by atoms with Crippen LogP contribution in [0.5, 0.6) is 0 Å². The second-order valence-corrected chi connectivity index (χ2v) is 4.89. The monoisotopic (exact) mass is 264 g/mol. The number of nitrogens with zero attached hydrogens (tertiary/aromatic N) is 1. The normalized spacial score (nSPS) is 14.7. The average Bonchev–Trinajstić information content (AvgIpc) is 2.67. The SMILES string of the molecule is CCCC(O)CC.CN1Cc2cccc(N)c2C1=O. The molecular formula is C15H24N2O2. The molecule has 3 N–H and O–H groups in total. The Kier molecular flexibility index (Phi) is 5.83. The number of carbonyl (C=O) groups is 1. The van der Waals surface area contributed by atoms with Crippen LogP contribution in [0.4, 0.5) is 5.69 Å². The molecule has 1 aromatic carbocycles. The molecule has 0 spiro atoms. The van der Waals surface area contributed by atoms with Gasteiger partial charge in [-0.15, -0.1) is 0 Å². The molecule has 0 saturated carbocycles. The van der Waals surface area contributed by atoms with Crippen molar-refractivity contribution in [2.45, 2.75) is 45.8 Å². The van der Waals surface area contributed by atoms with Crippen LogP contribution in [0.15, 0.2) is 18.2 Å². The number of nitrogen functional groups attached to an aromatic ring is 1. The molecule has 0 saturated heterocycles. The van der Waals surface area contributed by atoms with Crippen molar-refractivity contribution >= 4 is 11.6 Å². The molecule has 4 heteroatoms. The molecule has 4 nitrogen and oxygen atoms in total. The fourth-order valence-electron chi connectivity index (χ4n) is 2.07. The van der Waals surface area contributed by atoms with E-state index >= 15 is 0 Å². The largest absolute Gasteiger partial charge is 0.398 e. The van der Waals surface area contributed by atoms with Crippen LogP contribution in [0.2, 0.25) is 0 Å². The van der Waals surface area contributed by atoms with E-state index in [-0.39, 0.29) is 12.0 Å². The Hall–Kier alpha value is -1.55. The summed E-state index contributed by atoms with van der Waals surface area (Å²) < 4.78 is 0. The summed E-state index contributed by atoms with van der Waals surface area (Å²) in [5.74, 6) is 0.0306. The average molecular weight is 264 g/mol. The molecule has 1 atom stereocenters. The summed E-state index contributed by atoms with van der Waals surface area (Å²) >= 11 is 0. The number of nitrogens with two attached hydrogens (primary N) is 1. The predicted molar refractivity (Wildman–Crippen MR) is 77.9 cm³/mol. The third-order valence-corrected chi connectivity index (χ3v) is 3.24. The Bertz CT molecular complexity index is 432. The first-order chi connectivity index (χ1) is 9.01. The molecule has 1 heterocycles. The molecule has 2 rings (SSSR count). The summed E-state index contributed by atoms with van der Waals surface area (Å²) in [5.41, 5.74) is 7.97. The zero-order valence-electron chi connectivity index (χ0n) is 12.0. The number of aliphatic hydroxyl groups is 1. The van der Waals surface area contributed by atoms with Gasteiger partial charge in [-0.2, -0.15) is 0 Å². The number of hydrogen-bond donors (Lipinski definition) is 2. The first kappa shape index (κ1) is 15.5. The van der Waals surface area contributed by atoms with Crippen LogP contribution >= 0.6 is 0 Å². The number of fused-ring (bicyclic) bond motifs is 1. The quantitative estimate of drug-likeness (QED) is 0.824. The molecule has 0 aliphatic carbocycles. The fraction of sp³-hybridized carbons (Fsp3) is 0.533. The lowest BCUT2D eigenvalue weighted by Crippen LogP contribution is -2.18. The van der Waals surface area contributed by atoms with E-state index in [2.05, 4.69) is 6.92 Å². The summed E-state index contributed by atoms with van der Waals surface area (Å²) in [5, 5.41) is 8.86. The molecule has 0 aromatic heterocycles. The second kappa shape index (κ2) is 7.14. The predicted octanol–water partition coefficient (Wildman–Crippen LogP) is 2.41. The summed E-state index contributed by atoms with van der Waals surface area (Å²) in [6.45, 7) is 4.76. The number of benzene rings is 1. The topological polar surface area (TPSA) is 66.6 Å². The van der Waals surface area contributed by atoms with Gasteiger partial charge in [0.2, 0.25) is 0 Å². The van der Waals surface area contributed by atoms with E-state index < -0.39 is 0 Å². The number of carbonyl (C=O) groups excluding carboxylic acids is 1. The van der Waals surface area contributed by atoms with E-state index in [4.69, 9.17) is 10.8 Å². The molecule has 0 bridgehead atoms. The highest BCUT2D eigenvalue weighted by Crippen LogP contribution is 2.25. The molecule has 1 amide bonds. The minimum absolute atomic E-state index is 0.0306. The molecule has 106 valence electrons. The van der Waals surface area contributed by atoms with Crippen molar-refractivity contribution in [2.75, 3.05) is 12.8 Å². The van der Waals surface area contributed by atoms with Gasteiger partial charge in [0, 0.05) is 19.3 Å². The van der Waals surface area contributed by atoms with Crippen LogP contribution in [0.3, 0.4) is 0 Å². The molecule has 19 heavy (non-hydrogen) atoms. The van der Waals surface area contributed by atoms with Crippen LogP contribution in [0.25, 0.3) is 0 Å². The molecule has 1 aliphatic heterocycles. The van der Waals surface area contributed by atoms with Gasteiger partial charge in [-0.25, -0.2) is 0 Å². The van der Waals surface area contributed by atoms with Crippen molar-refractivity contribution in [1.29, 1.82) is 0 Å². The Morgan fingerprint density at radius 3 is 2.58 bits per heavy atom. The minimum Gasteiger partial charge on any atom is -0.398 e. The second-order valence-electron chi connectivity index (χ2n) is 4.89. The number of amides is 1. The van der Waals surface area contributed by atoms with E-state index in [1.807, 2.05) is 19.1 Å². The molecule has 1 aromatic rings. The van der Waals surface area contributed by atoms with Gasteiger partial charge >= 0.3 is 0 Å².